The van der Waals surface area contributed by atoms with Gasteiger partial charge in [0.05, 0.1) is 38.3 Å². The molecule has 0 aliphatic carbocycles. The Morgan fingerprint density at radius 2 is 1.14 bits per heavy atom. The number of hydrogen-bond donors (Lipinski definition) is 3. The lowest BCUT2D eigenvalue weighted by Gasteiger charge is -2.41. The molecule has 0 aromatic carbocycles. The Morgan fingerprint density at radius 1 is 0.686 bits per heavy atom. The van der Waals surface area contributed by atoms with Crippen LogP contribution in [0.2, 0.25) is 0 Å². The van der Waals surface area contributed by atoms with E-state index < -0.39 is 101 Å². The van der Waals surface area contributed by atoms with Crippen LogP contribution in [0.3, 0.4) is 0 Å². The van der Waals surface area contributed by atoms with Crippen LogP contribution in [0.4, 0.5) is 17.5 Å². The summed E-state index contributed by atoms with van der Waals surface area (Å²) >= 11 is 0. The van der Waals surface area contributed by atoms with Gasteiger partial charge in [-0.05, 0) is 62.1 Å². The number of likely N-dealkylation sites (tertiary alicyclic amines) is 3. The number of likely N-dealkylation sites (N-methyl/N-ethyl adjacent to an activating group) is 3. The van der Waals surface area contributed by atoms with E-state index in [-0.39, 0.29) is 73.4 Å². The summed E-state index contributed by atoms with van der Waals surface area (Å²) < 4.78 is 140. The summed E-state index contributed by atoms with van der Waals surface area (Å²) in [5, 5.41) is 1.00. The number of hydrogen-bond acceptors (Lipinski definition) is 12. The van der Waals surface area contributed by atoms with Gasteiger partial charge in [0.25, 0.3) is 19.6 Å². The number of amides is 3. The van der Waals surface area contributed by atoms with Crippen molar-refractivity contribution in [3.63, 3.8) is 0 Å². The molecule has 3 fully saturated rings. The fraction of sp³-hybridized carbons (Fsp3) is 0.510. The molecule has 0 radical (unpaired) electrons. The fourth-order valence-electron chi connectivity index (χ4n) is 8.35. The first-order chi connectivity index (χ1) is 40.4. The molecule has 0 bridgehead atoms. The van der Waals surface area contributed by atoms with E-state index in [0.29, 0.717) is 57.9 Å². The van der Waals surface area contributed by atoms with Crippen molar-refractivity contribution in [2.45, 2.75) is 65.0 Å². The smallest absolute Gasteiger partial charge is 0.302 e. The predicted octanol–water partition coefficient (Wildman–Crippen LogP) is 4.96. The highest BCUT2D eigenvalue weighted by atomic mass is 16.2. The van der Waals surface area contributed by atoms with Crippen LogP contribution in [-0.4, -0.2) is 175 Å². The summed E-state index contributed by atoms with van der Waals surface area (Å²) in [5.74, 6) is -5.34. The Kier molecular flexibility index (Phi) is 10.3. The summed E-state index contributed by atoms with van der Waals surface area (Å²) in [6, 6.07) is -1.57. The van der Waals surface area contributed by atoms with Gasteiger partial charge in [0.15, 0.2) is 0 Å². The van der Waals surface area contributed by atoms with E-state index >= 15 is 0 Å². The van der Waals surface area contributed by atoms with Crippen LogP contribution in [0.25, 0.3) is 47.6 Å². The standard InChI is InChI=1S/C17H22N6O.2C16H20N6O/c1-11-5-6-23(15(24)8-18-3)9-14(11)22(4)17-13-7-12(2)21-16(13)19-10-20-17;2*1-11-5-7-22(14(23)8-17-2)9-13(11)21(3)16-12-4-6-18-15(12)19-10-20-16/h7,10-11,14H,5-6,8-9H2,1-2,4H3,(H,19,20,21);2*4,6,10-11,13H,5,7-9H2,1,3H3,(H,18,19,20)/t11-,14+;2*11-,13+/m111/s1/i7D,10D;1D3,3D3,10D,11D,13D;3D3,10D,11D,13D. The molecule has 6 aromatic rings. The molecule has 70 heavy (non-hydrogen) atoms. The molecule has 3 N–H and O–H groups in total. The number of carbonyl (C=O) groups is 3. The van der Waals surface area contributed by atoms with Crippen molar-refractivity contribution in [3.8, 4) is 0 Å². The lowest BCUT2D eigenvalue weighted by molar-refractivity contribution is -0.131. The van der Waals surface area contributed by atoms with Crippen molar-refractivity contribution < 1.29 is 37.7 Å². The van der Waals surface area contributed by atoms with Crippen LogP contribution in [-0.2, 0) is 14.4 Å². The third-order valence-corrected chi connectivity index (χ3v) is 12.3. The number of H-pyrrole nitrogens is 3. The van der Waals surface area contributed by atoms with Gasteiger partial charge in [-0.2, -0.15) is 0 Å². The topological polar surface area (TPSA) is 208 Å². The average Bonchev–Trinajstić information content (AvgIpc) is 0.819. The van der Waals surface area contributed by atoms with Gasteiger partial charge in [0, 0.05) is 93.4 Å². The highest BCUT2D eigenvalue weighted by molar-refractivity contribution is 5.89. The number of nitrogens with one attached hydrogen (secondary N) is 3. The molecule has 3 aliphatic heterocycles. The third-order valence-electron chi connectivity index (χ3n) is 12.3. The zero-order valence-electron chi connectivity index (χ0n) is 55.9. The van der Waals surface area contributed by atoms with E-state index in [4.69, 9.17) is 43.0 Å². The van der Waals surface area contributed by atoms with Gasteiger partial charge in [-0.15, -0.1) is 0 Å². The van der Waals surface area contributed by atoms with E-state index in [1.165, 1.54) is 36.4 Å². The van der Waals surface area contributed by atoms with Crippen LogP contribution in [0, 0.1) is 44.3 Å². The number of aryl methyl sites for hydroxylation is 1. The third kappa shape index (κ3) is 11.0. The summed E-state index contributed by atoms with van der Waals surface area (Å²) in [6.45, 7) is 15.8. The summed E-state index contributed by atoms with van der Waals surface area (Å²) in [7, 11) is 1.88. The second kappa shape index (κ2) is 22.5. The predicted molar refractivity (Wildman–Crippen MR) is 268 cm³/mol. The summed E-state index contributed by atoms with van der Waals surface area (Å²) in [6.07, 6.45) is 2.17. The van der Waals surface area contributed by atoms with Gasteiger partial charge in [0.1, 0.15) is 57.4 Å². The maximum absolute atomic E-state index is 12.4. The molecule has 3 amide bonds. The Balaban J connectivity index is 0.000000187. The number of anilines is 3. The molecule has 0 unspecified atom stereocenters. The maximum atomic E-state index is 12.4. The minimum Gasteiger partial charge on any atom is -0.354 e. The van der Waals surface area contributed by atoms with E-state index in [1.54, 1.807) is 11.8 Å². The van der Waals surface area contributed by atoms with E-state index in [1.807, 2.05) is 11.9 Å². The number of piperidine rings is 3. The first-order valence-electron chi connectivity index (χ1n) is 30.5. The van der Waals surface area contributed by atoms with Crippen molar-refractivity contribution in [2.24, 2.45) is 17.7 Å². The molecule has 0 saturated carbocycles. The highest BCUT2D eigenvalue weighted by Crippen LogP contribution is 2.32. The average molecular weight is 968 g/mol. The van der Waals surface area contributed by atoms with Gasteiger partial charge in [-0.25, -0.2) is 49.6 Å². The van der Waals surface area contributed by atoms with Gasteiger partial charge in [0.2, 0.25) is 0 Å². The van der Waals surface area contributed by atoms with Crippen LogP contribution in [0.15, 0.2) is 49.5 Å². The van der Waals surface area contributed by atoms with Crippen molar-refractivity contribution in [1.29, 1.82) is 0 Å². The molecule has 3 saturated heterocycles. The van der Waals surface area contributed by atoms with E-state index in [9.17, 15) is 14.4 Å². The Labute approximate surface area is 432 Å². The minimum atomic E-state index is -3.17. The Hall–Kier alpha value is -7.86. The van der Waals surface area contributed by atoms with Gasteiger partial charge in [-0.1, -0.05) is 20.7 Å². The molecule has 6 aromatic heterocycles. The van der Waals surface area contributed by atoms with Crippen molar-refractivity contribution in [3.05, 3.63) is 89.4 Å². The largest absolute Gasteiger partial charge is 0.354 e. The van der Waals surface area contributed by atoms with Crippen LogP contribution >= 0.6 is 0 Å². The second-order valence-electron chi connectivity index (χ2n) is 16.7. The van der Waals surface area contributed by atoms with Gasteiger partial charge in [-0.3, -0.25) is 14.4 Å². The molecule has 3 aliphatic rings. The molecular formula is C49H62N18O3. The lowest BCUT2D eigenvalue weighted by Crippen LogP contribution is -2.53. The number of aromatic nitrogens is 9. The quantitative estimate of drug-likeness (QED) is 0.164. The first-order valence-corrected chi connectivity index (χ1v) is 22.0. The zero-order chi connectivity index (χ0) is 64.7. The highest BCUT2D eigenvalue weighted by Gasteiger charge is 2.36. The number of aromatic amines is 3. The molecule has 366 valence electrons. The van der Waals surface area contributed by atoms with Gasteiger partial charge < -0.3 is 58.9 Å². The minimum absolute atomic E-state index is 0.00876. The number of rotatable bonds is 9. The lowest BCUT2D eigenvalue weighted by atomic mass is 9.92. The zero-order valence-corrected chi connectivity index (χ0v) is 38.9. The summed E-state index contributed by atoms with van der Waals surface area (Å²) in [4.78, 5) is 85.7. The van der Waals surface area contributed by atoms with Crippen molar-refractivity contribution in [2.75, 3.05) is 94.6 Å². The Morgan fingerprint density at radius 3 is 1.64 bits per heavy atom. The monoisotopic (exact) mass is 968 g/mol. The molecular weight excluding hydrogens is 889 g/mol. The normalized spacial score (nSPS) is 29.3. The van der Waals surface area contributed by atoms with Gasteiger partial charge >= 0.3 is 17.7 Å². The number of carbonyl (C=O) groups excluding carboxylic acids is 3. The molecule has 9 heterocycles. The molecule has 9 rings (SSSR count). The van der Waals surface area contributed by atoms with Crippen LogP contribution in [0.5, 0.6) is 0 Å². The fourth-order valence-corrected chi connectivity index (χ4v) is 8.35. The second-order valence-corrected chi connectivity index (χ2v) is 16.7. The molecule has 21 heteroatoms. The van der Waals surface area contributed by atoms with E-state index in [0.717, 1.165) is 16.2 Å². The van der Waals surface area contributed by atoms with Crippen LogP contribution < -0.4 is 14.7 Å². The Bertz CT molecular complexity index is 3700. The summed E-state index contributed by atoms with van der Waals surface area (Å²) in [5.41, 5.74) is 1.50. The van der Waals surface area contributed by atoms with Crippen molar-refractivity contribution >= 4 is 68.3 Å². The molecule has 0 spiro atoms. The molecule has 21 nitrogen and oxygen atoms in total. The first kappa shape index (κ1) is 32.0. The number of fused-ring (bicyclic) bond motifs is 3. The SMILES string of the molecule is [2H]c1nc(N(C([2H])([2H])[2H])[C@@]2([2H])CN(C(=O)C[N+]#[C-])CC[C@@]2([2H])C([2H])([2H])[2H])c2cc[nH]c2n1.[2H]c1nc(N(C([2H])([2H])[2H])[C@@]2([2H])CN(C(=O)C[N+]#[C-])CC[C@@]2([2H])C)c2cc[nH]c2n1.[2H]c1nc(N(C)[C@H]2CN(C(=O)C[N+]#[C-])CC[C@H]2C)c2c([2H])c(C)[nH]c2n1. The maximum Gasteiger partial charge on any atom is 0.302 e. The molecule has 6 atom stereocenters. The van der Waals surface area contributed by atoms with Crippen LogP contribution in [0.1, 0.15) is 69.0 Å². The van der Waals surface area contributed by atoms with Crippen molar-refractivity contribution in [1.82, 2.24) is 59.6 Å². The van der Waals surface area contributed by atoms with E-state index in [2.05, 4.69) is 66.3 Å². The number of nitrogens with zero attached hydrogens (tertiary/aromatic N) is 15.